The van der Waals surface area contributed by atoms with E-state index in [2.05, 4.69) is 15.6 Å². The number of hydrogen-bond acceptors (Lipinski definition) is 4. The van der Waals surface area contributed by atoms with Crippen LogP contribution in [0.2, 0.25) is 0 Å². The third-order valence-corrected chi connectivity index (χ3v) is 3.75. The Kier molecular flexibility index (Phi) is 5.32. The molecule has 1 aliphatic rings. The molecule has 0 spiro atoms. The zero-order chi connectivity index (χ0) is 16.1. The maximum Gasteiger partial charge on any atom is 0.317 e. The van der Waals surface area contributed by atoms with Gasteiger partial charge in [-0.25, -0.2) is 4.79 Å². The second-order valence-electron chi connectivity index (χ2n) is 5.74. The molecular formula is C15H22N4O3. The van der Waals surface area contributed by atoms with Crippen molar-refractivity contribution in [2.45, 2.75) is 25.0 Å². The first-order chi connectivity index (χ1) is 10.5. The number of rotatable bonds is 5. The van der Waals surface area contributed by atoms with E-state index >= 15 is 0 Å². The van der Waals surface area contributed by atoms with Gasteiger partial charge in [0.05, 0.1) is 24.4 Å². The highest BCUT2D eigenvalue weighted by Gasteiger charge is 2.36. The summed E-state index contributed by atoms with van der Waals surface area (Å²) in [5.41, 5.74) is 0.770. The molecule has 1 aliphatic carbocycles. The molecule has 1 heterocycles. The van der Waals surface area contributed by atoms with Gasteiger partial charge in [-0.1, -0.05) is 6.07 Å². The van der Waals surface area contributed by atoms with Crippen LogP contribution in [0.3, 0.4) is 0 Å². The molecule has 22 heavy (non-hydrogen) atoms. The average molecular weight is 306 g/mol. The van der Waals surface area contributed by atoms with Crippen LogP contribution in [0.15, 0.2) is 24.4 Å². The van der Waals surface area contributed by atoms with Crippen molar-refractivity contribution in [3.05, 3.63) is 30.1 Å². The summed E-state index contributed by atoms with van der Waals surface area (Å²) in [6.07, 6.45) is 2.66. The Balaban J connectivity index is 1.95. The van der Waals surface area contributed by atoms with Crippen LogP contribution < -0.4 is 10.6 Å². The van der Waals surface area contributed by atoms with Gasteiger partial charge in [-0.15, -0.1) is 0 Å². The summed E-state index contributed by atoms with van der Waals surface area (Å²) in [6, 6.07) is 4.98. The van der Waals surface area contributed by atoms with Gasteiger partial charge in [0, 0.05) is 20.3 Å². The third-order valence-electron chi connectivity index (χ3n) is 3.75. The normalized spacial score (nSPS) is 21.4. The van der Waals surface area contributed by atoms with Crippen LogP contribution >= 0.6 is 0 Å². The molecule has 0 unspecified atom stereocenters. The van der Waals surface area contributed by atoms with Crippen molar-refractivity contribution >= 4 is 11.9 Å². The number of hydrogen-bond donors (Lipinski definition) is 3. The fourth-order valence-electron chi connectivity index (χ4n) is 2.43. The lowest BCUT2D eigenvalue weighted by atomic mass is 9.76. The van der Waals surface area contributed by atoms with E-state index in [9.17, 15) is 14.7 Å². The van der Waals surface area contributed by atoms with Crippen LogP contribution in [0, 0.1) is 5.92 Å². The first-order valence-electron chi connectivity index (χ1n) is 7.31. The molecule has 3 N–H and O–H groups in total. The first-order valence-corrected chi connectivity index (χ1v) is 7.31. The number of pyridine rings is 1. The van der Waals surface area contributed by atoms with Crippen molar-refractivity contribution < 1.29 is 14.7 Å². The quantitative estimate of drug-likeness (QED) is 0.728. The molecule has 3 amide bonds. The standard InChI is InChI=1S/C15H22N4O3/c1-19(2)15(22)17-9-13(21)18-14(10-7-11(20)8-10)12-5-3-4-6-16-12/h3-6,10-11,14,20H,7-9H2,1-2H3,(H,17,22)(H,18,21)/t10?,11?,14-/m0/s1. The van der Waals surface area contributed by atoms with Crippen LogP contribution in [0.4, 0.5) is 4.79 Å². The molecule has 2 rings (SSSR count). The van der Waals surface area contributed by atoms with Crippen molar-refractivity contribution in [3.63, 3.8) is 0 Å². The predicted octanol–water partition coefficient (Wildman–Crippen LogP) is 0.281. The van der Waals surface area contributed by atoms with Crippen molar-refractivity contribution in [2.75, 3.05) is 20.6 Å². The van der Waals surface area contributed by atoms with E-state index in [4.69, 9.17) is 0 Å². The Morgan fingerprint density at radius 3 is 2.68 bits per heavy atom. The highest BCUT2D eigenvalue weighted by atomic mass is 16.3. The smallest absolute Gasteiger partial charge is 0.317 e. The van der Waals surface area contributed by atoms with Crippen molar-refractivity contribution in [2.24, 2.45) is 5.92 Å². The van der Waals surface area contributed by atoms with Gasteiger partial charge >= 0.3 is 6.03 Å². The van der Waals surface area contributed by atoms with Gasteiger partial charge in [0.1, 0.15) is 0 Å². The van der Waals surface area contributed by atoms with Gasteiger partial charge in [0.25, 0.3) is 0 Å². The Labute approximate surface area is 129 Å². The van der Waals surface area contributed by atoms with Gasteiger partial charge in [0.2, 0.25) is 5.91 Å². The summed E-state index contributed by atoms with van der Waals surface area (Å²) in [5.74, 6) is -0.106. The summed E-state index contributed by atoms with van der Waals surface area (Å²) in [4.78, 5) is 29.1. The Morgan fingerprint density at radius 1 is 1.41 bits per heavy atom. The Bertz CT molecular complexity index is 515. The molecule has 0 bridgehead atoms. The number of carbonyl (C=O) groups excluding carboxylic acids is 2. The summed E-state index contributed by atoms with van der Waals surface area (Å²) < 4.78 is 0. The van der Waals surface area contributed by atoms with Crippen LogP contribution in [-0.2, 0) is 4.79 Å². The van der Waals surface area contributed by atoms with E-state index in [1.165, 1.54) is 4.90 Å². The lowest BCUT2D eigenvalue weighted by molar-refractivity contribution is -0.122. The Morgan fingerprint density at radius 2 is 2.14 bits per heavy atom. The largest absolute Gasteiger partial charge is 0.393 e. The second-order valence-corrected chi connectivity index (χ2v) is 5.74. The molecule has 1 aromatic heterocycles. The van der Waals surface area contributed by atoms with Crippen LogP contribution in [0.1, 0.15) is 24.6 Å². The van der Waals surface area contributed by atoms with Crippen LogP contribution in [-0.4, -0.2) is 53.7 Å². The number of urea groups is 1. The van der Waals surface area contributed by atoms with E-state index in [1.807, 2.05) is 18.2 Å². The van der Waals surface area contributed by atoms with Crippen molar-refractivity contribution in [1.29, 1.82) is 0 Å². The minimum absolute atomic E-state index is 0.0877. The van der Waals surface area contributed by atoms with Gasteiger partial charge in [0.15, 0.2) is 0 Å². The zero-order valence-corrected chi connectivity index (χ0v) is 12.8. The topological polar surface area (TPSA) is 94.6 Å². The molecule has 1 atom stereocenters. The first kappa shape index (κ1) is 16.2. The SMILES string of the molecule is CN(C)C(=O)NCC(=O)N[C@H](c1ccccn1)C1CC(O)C1. The fraction of sp³-hybridized carbons (Fsp3) is 0.533. The monoisotopic (exact) mass is 306 g/mol. The van der Waals surface area contributed by atoms with Crippen LogP contribution in [0.5, 0.6) is 0 Å². The highest BCUT2D eigenvalue weighted by Crippen LogP contribution is 2.37. The lowest BCUT2D eigenvalue weighted by Gasteiger charge is -2.37. The molecule has 0 aromatic carbocycles. The van der Waals surface area contributed by atoms with Gasteiger partial charge in [-0.3, -0.25) is 9.78 Å². The number of aliphatic hydroxyl groups is 1. The summed E-state index contributed by atoms with van der Waals surface area (Å²) in [6.45, 7) is -0.0877. The van der Waals surface area contributed by atoms with Gasteiger partial charge in [-0.2, -0.15) is 0 Å². The number of carbonyl (C=O) groups is 2. The molecule has 0 aliphatic heterocycles. The molecule has 1 aromatic rings. The van der Waals surface area contributed by atoms with E-state index in [0.29, 0.717) is 12.8 Å². The molecule has 1 fully saturated rings. The summed E-state index contributed by atoms with van der Waals surface area (Å²) in [5, 5.41) is 14.9. The van der Waals surface area contributed by atoms with E-state index in [0.717, 1.165) is 5.69 Å². The molecular weight excluding hydrogens is 284 g/mol. The summed E-state index contributed by atoms with van der Waals surface area (Å²) in [7, 11) is 3.22. The molecule has 120 valence electrons. The minimum Gasteiger partial charge on any atom is -0.393 e. The average Bonchev–Trinajstić information content (AvgIpc) is 2.48. The number of amides is 3. The number of aromatic nitrogens is 1. The van der Waals surface area contributed by atoms with E-state index < -0.39 is 0 Å². The molecule has 1 saturated carbocycles. The molecule has 0 radical (unpaired) electrons. The number of nitrogens with one attached hydrogen (secondary N) is 2. The van der Waals surface area contributed by atoms with Crippen LogP contribution in [0.25, 0.3) is 0 Å². The van der Waals surface area contributed by atoms with Crippen molar-refractivity contribution in [3.8, 4) is 0 Å². The molecule has 7 heteroatoms. The van der Waals surface area contributed by atoms with Gasteiger partial charge < -0.3 is 20.6 Å². The maximum atomic E-state index is 12.0. The zero-order valence-electron chi connectivity index (χ0n) is 12.8. The Hall–Kier alpha value is -2.15. The fourth-order valence-corrected chi connectivity index (χ4v) is 2.43. The lowest BCUT2D eigenvalue weighted by Crippen LogP contribution is -2.46. The number of nitrogens with zero attached hydrogens (tertiary/aromatic N) is 2. The van der Waals surface area contributed by atoms with E-state index in [-0.39, 0.29) is 36.5 Å². The van der Waals surface area contributed by atoms with Crippen molar-refractivity contribution in [1.82, 2.24) is 20.5 Å². The maximum absolute atomic E-state index is 12.0. The molecule has 7 nitrogen and oxygen atoms in total. The van der Waals surface area contributed by atoms with Gasteiger partial charge in [-0.05, 0) is 30.9 Å². The number of aliphatic hydroxyl groups excluding tert-OH is 1. The third kappa shape index (κ3) is 4.17. The van der Waals surface area contributed by atoms with E-state index in [1.54, 1.807) is 20.3 Å². The summed E-state index contributed by atoms with van der Waals surface area (Å²) >= 11 is 0. The predicted molar refractivity (Wildman–Crippen MR) is 80.9 cm³/mol. The minimum atomic E-state index is -0.316. The molecule has 0 saturated heterocycles. The second kappa shape index (κ2) is 7.22. The highest BCUT2D eigenvalue weighted by molar-refractivity contribution is 5.84.